The van der Waals surface area contributed by atoms with Crippen molar-refractivity contribution in [2.75, 3.05) is 13.6 Å². The van der Waals surface area contributed by atoms with Crippen LogP contribution in [0.25, 0.3) is 0 Å². The molecule has 1 rings (SSSR count). The Kier molecular flexibility index (Phi) is 5.52. The first-order valence-electron chi connectivity index (χ1n) is 6.55. The normalized spacial score (nSPS) is 14.1. The topological polar surface area (TPSA) is 63.4 Å². The Labute approximate surface area is 116 Å². The van der Waals surface area contributed by atoms with Crippen LogP contribution in [0.4, 0.5) is 0 Å². The molecule has 0 aliphatic carbocycles. The van der Waals surface area contributed by atoms with Gasteiger partial charge in [0.25, 0.3) is 0 Å². The number of primary sulfonamides is 1. The molecule has 1 aromatic carbocycles. The van der Waals surface area contributed by atoms with Crippen molar-refractivity contribution < 1.29 is 8.42 Å². The van der Waals surface area contributed by atoms with Gasteiger partial charge in [-0.1, -0.05) is 26.0 Å². The summed E-state index contributed by atoms with van der Waals surface area (Å²) in [6.45, 7) is 7.45. The highest BCUT2D eigenvalue weighted by Gasteiger charge is 2.15. The van der Waals surface area contributed by atoms with Gasteiger partial charge < -0.3 is 0 Å². The van der Waals surface area contributed by atoms with Crippen LogP contribution in [0.2, 0.25) is 0 Å². The number of hydrogen-bond donors (Lipinski definition) is 1. The molecule has 0 aliphatic rings. The quantitative estimate of drug-likeness (QED) is 0.872. The second-order valence-corrected chi connectivity index (χ2v) is 7.02. The summed E-state index contributed by atoms with van der Waals surface area (Å²) < 4.78 is 22.7. The summed E-state index contributed by atoms with van der Waals surface area (Å²) in [5.74, 6) is 0.658. The van der Waals surface area contributed by atoms with E-state index in [0.29, 0.717) is 5.92 Å². The zero-order chi connectivity index (χ0) is 14.6. The van der Waals surface area contributed by atoms with Crippen molar-refractivity contribution >= 4 is 10.0 Å². The molecule has 0 fully saturated rings. The van der Waals surface area contributed by atoms with Gasteiger partial charge in [-0.15, -0.1) is 0 Å². The molecule has 0 spiro atoms. The number of benzene rings is 1. The molecule has 0 aliphatic heterocycles. The summed E-state index contributed by atoms with van der Waals surface area (Å²) in [6.07, 6.45) is 1.12. The van der Waals surface area contributed by atoms with Crippen molar-refractivity contribution in [2.24, 2.45) is 11.1 Å². The zero-order valence-electron chi connectivity index (χ0n) is 12.1. The molecule has 108 valence electrons. The van der Waals surface area contributed by atoms with Crippen LogP contribution < -0.4 is 5.14 Å². The number of rotatable bonds is 6. The van der Waals surface area contributed by atoms with Gasteiger partial charge in [-0.2, -0.15) is 0 Å². The van der Waals surface area contributed by atoms with Gasteiger partial charge in [0.2, 0.25) is 10.0 Å². The van der Waals surface area contributed by atoms with E-state index in [9.17, 15) is 8.42 Å². The van der Waals surface area contributed by atoms with Crippen LogP contribution in [-0.2, 0) is 10.0 Å². The fourth-order valence-corrected chi connectivity index (χ4v) is 2.43. The molecule has 19 heavy (non-hydrogen) atoms. The Morgan fingerprint density at radius 2 is 1.89 bits per heavy atom. The molecule has 0 amide bonds. The molecule has 0 aromatic heterocycles. The molecule has 0 saturated carbocycles. The van der Waals surface area contributed by atoms with Gasteiger partial charge in [-0.05, 0) is 50.6 Å². The molecule has 5 heteroatoms. The molecule has 1 aromatic rings. The van der Waals surface area contributed by atoms with E-state index in [2.05, 4.69) is 32.7 Å². The second-order valence-electron chi connectivity index (χ2n) is 5.46. The maximum Gasteiger partial charge on any atom is 0.238 e. The molecule has 0 saturated heterocycles. The van der Waals surface area contributed by atoms with E-state index in [1.165, 1.54) is 6.07 Å². The van der Waals surface area contributed by atoms with Gasteiger partial charge in [-0.3, -0.25) is 4.90 Å². The highest BCUT2D eigenvalue weighted by Crippen LogP contribution is 2.21. The highest BCUT2D eigenvalue weighted by molar-refractivity contribution is 7.89. The lowest BCUT2D eigenvalue weighted by Crippen LogP contribution is -2.24. The SMILES string of the molecule is CC(C)CCN(C)C(C)c1cccc(S(N)(=O)=O)c1. The van der Waals surface area contributed by atoms with Gasteiger partial charge in [0.05, 0.1) is 4.90 Å². The minimum absolute atomic E-state index is 0.167. The molecular weight excluding hydrogens is 260 g/mol. The van der Waals surface area contributed by atoms with Crippen LogP contribution in [0, 0.1) is 5.92 Å². The molecule has 0 heterocycles. The number of nitrogens with two attached hydrogens (primary N) is 1. The predicted octanol–water partition coefficient (Wildman–Crippen LogP) is 2.37. The minimum atomic E-state index is -3.63. The first-order chi connectivity index (χ1) is 8.71. The maximum absolute atomic E-state index is 11.4. The Bertz CT molecular complexity index is 512. The lowest BCUT2D eigenvalue weighted by molar-refractivity contribution is 0.246. The molecule has 4 nitrogen and oxygen atoms in total. The van der Waals surface area contributed by atoms with E-state index in [1.807, 2.05) is 6.07 Å². The fraction of sp³-hybridized carbons (Fsp3) is 0.571. The van der Waals surface area contributed by atoms with Crippen molar-refractivity contribution in [1.82, 2.24) is 4.90 Å². The summed E-state index contributed by atoms with van der Waals surface area (Å²) in [4.78, 5) is 2.40. The van der Waals surface area contributed by atoms with E-state index in [0.717, 1.165) is 18.5 Å². The molecular formula is C14H24N2O2S. The van der Waals surface area contributed by atoms with Crippen LogP contribution in [0.3, 0.4) is 0 Å². The molecule has 2 N–H and O–H groups in total. The average molecular weight is 284 g/mol. The van der Waals surface area contributed by atoms with Crippen molar-refractivity contribution in [3.8, 4) is 0 Å². The Morgan fingerprint density at radius 1 is 1.26 bits per heavy atom. The van der Waals surface area contributed by atoms with E-state index in [1.54, 1.807) is 12.1 Å². The second kappa shape index (κ2) is 6.50. The summed E-state index contributed by atoms with van der Waals surface area (Å²) in [5.41, 5.74) is 0.970. The third kappa shape index (κ3) is 4.93. The van der Waals surface area contributed by atoms with Crippen LogP contribution in [0.1, 0.15) is 38.8 Å². The Morgan fingerprint density at radius 3 is 2.42 bits per heavy atom. The first-order valence-corrected chi connectivity index (χ1v) is 8.09. The predicted molar refractivity (Wildman–Crippen MR) is 78.3 cm³/mol. The van der Waals surface area contributed by atoms with E-state index >= 15 is 0 Å². The monoisotopic (exact) mass is 284 g/mol. The van der Waals surface area contributed by atoms with Gasteiger partial charge in [0.1, 0.15) is 0 Å². The smallest absolute Gasteiger partial charge is 0.238 e. The van der Waals surface area contributed by atoms with Crippen LogP contribution in [0.15, 0.2) is 29.2 Å². The lowest BCUT2D eigenvalue weighted by atomic mass is 10.1. The third-order valence-corrected chi connectivity index (χ3v) is 4.30. The van der Waals surface area contributed by atoms with Gasteiger partial charge in [0, 0.05) is 6.04 Å². The molecule has 1 unspecified atom stereocenters. The number of hydrogen-bond acceptors (Lipinski definition) is 3. The largest absolute Gasteiger partial charge is 0.300 e. The molecule has 0 bridgehead atoms. The van der Waals surface area contributed by atoms with Crippen LogP contribution >= 0.6 is 0 Å². The minimum Gasteiger partial charge on any atom is -0.300 e. The highest BCUT2D eigenvalue weighted by atomic mass is 32.2. The zero-order valence-corrected chi connectivity index (χ0v) is 12.9. The standard InChI is InChI=1S/C14H24N2O2S/c1-11(2)8-9-16(4)12(3)13-6-5-7-14(10-13)19(15,17)18/h5-7,10-12H,8-9H2,1-4H3,(H2,15,17,18). The first kappa shape index (κ1) is 16.1. The Hall–Kier alpha value is -0.910. The summed E-state index contributed by atoms with van der Waals surface area (Å²) >= 11 is 0. The van der Waals surface area contributed by atoms with Crippen molar-refractivity contribution in [1.29, 1.82) is 0 Å². The van der Waals surface area contributed by atoms with E-state index in [4.69, 9.17) is 5.14 Å². The van der Waals surface area contributed by atoms with Gasteiger partial charge in [-0.25, -0.2) is 13.6 Å². The van der Waals surface area contributed by atoms with E-state index < -0.39 is 10.0 Å². The summed E-state index contributed by atoms with van der Waals surface area (Å²) in [6, 6.07) is 7.03. The average Bonchev–Trinajstić information content (AvgIpc) is 2.34. The number of sulfonamides is 1. The third-order valence-electron chi connectivity index (χ3n) is 3.39. The maximum atomic E-state index is 11.4. The van der Waals surface area contributed by atoms with Crippen LogP contribution in [0.5, 0.6) is 0 Å². The number of nitrogens with zero attached hydrogens (tertiary/aromatic N) is 1. The fourth-order valence-electron chi connectivity index (χ4n) is 1.86. The van der Waals surface area contributed by atoms with Crippen molar-refractivity contribution in [2.45, 2.75) is 38.1 Å². The summed E-state index contributed by atoms with van der Waals surface area (Å²) in [5, 5.41) is 5.16. The van der Waals surface area contributed by atoms with Crippen molar-refractivity contribution in [3.05, 3.63) is 29.8 Å². The van der Waals surface area contributed by atoms with Crippen LogP contribution in [-0.4, -0.2) is 26.9 Å². The molecule has 1 atom stereocenters. The van der Waals surface area contributed by atoms with Gasteiger partial charge in [0.15, 0.2) is 0 Å². The van der Waals surface area contributed by atoms with Gasteiger partial charge >= 0.3 is 0 Å². The summed E-state index contributed by atoms with van der Waals surface area (Å²) in [7, 11) is -1.58. The van der Waals surface area contributed by atoms with Crippen molar-refractivity contribution in [3.63, 3.8) is 0 Å². The molecule has 0 radical (unpaired) electrons. The van der Waals surface area contributed by atoms with E-state index in [-0.39, 0.29) is 10.9 Å². The lowest BCUT2D eigenvalue weighted by Gasteiger charge is -2.26. The Balaban J connectivity index is 2.85.